The van der Waals surface area contributed by atoms with Crippen LogP contribution in [0.25, 0.3) is 22.3 Å². The van der Waals surface area contributed by atoms with Crippen molar-refractivity contribution in [1.29, 1.82) is 0 Å². The van der Waals surface area contributed by atoms with E-state index in [1.165, 1.54) is 29.1 Å². The largest absolute Gasteiger partial charge is 0.387 e. The molecule has 5 N–H and O–H groups in total. The molecule has 4 heterocycles. The number of nitrogens with one attached hydrogen (secondary N) is 1. The van der Waals surface area contributed by atoms with Crippen LogP contribution < -0.4 is 11.1 Å². The first-order chi connectivity index (χ1) is 16.2. The summed E-state index contributed by atoms with van der Waals surface area (Å²) in [7, 11) is 1.77. The zero-order valence-electron chi connectivity index (χ0n) is 18.3. The molecule has 176 valence electrons. The van der Waals surface area contributed by atoms with Crippen LogP contribution in [0.2, 0.25) is 0 Å². The molecule has 0 unspecified atom stereocenters. The van der Waals surface area contributed by atoms with Crippen LogP contribution >= 0.6 is 0 Å². The number of nitrogens with zero attached hydrogens (tertiary/aromatic N) is 5. The topological polar surface area (TPSA) is 153 Å². The van der Waals surface area contributed by atoms with Gasteiger partial charge in [-0.1, -0.05) is 0 Å². The minimum Gasteiger partial charge on any atom is -0.387 e. The fraction of sp³-hybridized carbons (Fsp3) is 0.273. The molecule has 12 heteroatoms. The third-order valence-electron chi connectivity index (χ3n) is 5.85. The highest BCUT2D eigenvalue weighted by molar-refractivity contribution is 6.00. The van der Waals surface area contributed by atoms with Crippen molar-refractivity contribution >= 4 is 28.4 Å². The van der Waals surface area contributed by atoms with Gasteiger partial charge in [0.05, 0.1) is 11.1 Å². The van der Waals surface area contributed by atoms with Gasteiger partial charge in [0.15, 0.2) is 12.3 Å². The van der Waals surface area contributed by atoms with Crippen molar-refractivity contribution < 1.29 is 24.1 Å². The summed E-state index contributed by atoms with van der Waals surface area (Å²) in [5.41, 5.74) is 8.54. The summed E-state index contributed by atoms with van der Waals surface area (Å²) in [4.78, 5) is 21.2. The van der Waals surface area contributed by atoms with E-state index in [9.17, 15) is 19.4 Å². The molecular weight excluding hydrogens is 445 g/mol. The number of aromatic nitrogens is 5. The molecule has 1 aliphatic heterocycles. The lowest BCUT2D eigenvalue weighted by Gasteiger charge is -2.17. The molecule has 0 saturated carbocycles. The van der Waals surface area contributed by atoms with Gasteiger partial charge in [-0.3, -0.25) is 9.48 Å². The van der Waals surface area contributed by atoms with Gasteiger partial charge in [0, 0.05) is 30.7 Å². The SMILES string of the molecule is Cc1cc(F)ccc1NC(=O)[C@H]1O[C@@H](n2cc(-c3ccn(C)n3)c3c(N)ncnc32)[C@H](O)[C@@H]1O. The number of rotatable bonds is 4. The predicted octanol–water partition coefficient (Wildman–Crippen LogP) is 1.12. The number of carbonyl (C=O) groups is 1. The maximum absolute atomic E-state index is 13.4. The molecule has 5 rings (SSSR count). The number of hydrogen-bond acceptors (Lipinski definition) is 8. The highest BCUT2D eigenvalue weighted by Gasteiger charge is 2.48. The van der Waals surface area contributed by atoms with Crippen molar-refractivity contribution in [2.24, 2.45) is 7.05 Å². The predicted molar refractivity (Wildman–Crippen MR) is 120 cm³/mol. The second-order valence-corrected chi connectivity index (χ2v) is 8.16. The van der Waals surface area contributed by atoms with Gasteiger partial charge >= 0.3 is 0 Å². The Bertz CT molecular complexity index is 1400. The molecule has 1 aliphatic rings. The zero-order valence-corrected chi connectivity index (χ0v) is 18.3. The molecule has 0 radical (unpaired) electrons. The highest BCUT2D eigenvalue weighted by Crippen LogP contribution is 2.38. The Morgan fingerprint density at radius 3 is 2.74 bits per heavy atom. The molecule has 1 fully saturated rings. The molecule has 4 aromatic rings. The standard InChI is InChI=1S/C22H22FN7O4/c1-10-7-11(23)3-4-13(10)27-21(33)18-16(31)17(32)22(34-18)30-8-12(14-5-6-29(2)28-14)15-19(24)25-9-26-20(15)30/h3-9,16-18,22,31-32H,1-2H3,(H,27,33)(H2,24,25,26)/t16-,17+,18-,22+/m0/s1. The van der Waals surface area contributed by atoms with Crippen LogP contribution in [-0.4, -0.2) is 58.7 Å². The first-order valence-electron chi connectivity index (χ1n) is 10.4. The quantitative estimate of drug-likeness (QED) is 0.348. The van der Waals surface area contributed by atoms with Gasteiger partial charge < -0.3 is 30.6 Å². The molecule has 11 nitrogen and oxygen atoms in total. The van der Waals surface area contributed by atoms with Crippen LogP contribution in [0.4, 0.5) is 15.9 Å². The summed E-state index contributed by atoms with van der Waals surface area (Å²) in [5.74, 6) is -0.912. The molecule has 0 aliphatic carbocycles. The molecule has 3 aromatic heterocycles. The summed E-state index contributed by atoms with van der Waals surface area (Å²) in [6.45, 7) is 1.64. The number of aliphatic hydroxyl groups excluding tert-OH is 2. The number of halogens is 1. The normalized spacial score (nSPS) is 22.4. The number of anilines is 2. The average Bonchev–Trinajstić information content (AvgIpc) is 3.47. The summed E-state index contributed by atoms with van der Waals surface area (Å²) in [6, 6.07) is 5.68. The summed E-state index contributed by atoms with van der Waals surface area (Å²) >= 11 is 0. The van der Waals surface area contributed by atoms with Gasteiger partial charge in [0.1, 0.15) is 35.8 Å². The van der Waals surface area contributed by atoms with Crippen LogP contribution in [0.3, 0.4) is 0 Å². The molecule has 1 aromatic carbocycles. The van der Waals surface area contributed by atoms with Gasteiger partial charge in [-0.15, -0.1) is 0 Å². The minimum atomic E-state index is -1.53. The van der Waals surface area contributed by atoms with Crippen molar-refractivity contribution in [2.75, 3.05) is 11.1 Å². The lowest BCUT2D eigenvalue weighted by molar-refractivity contribution is -0.132. The summed E-state index contributed by atoms with van der Waals surface area (Å²) in [5, 5.41) is 28.9. The molecule has 0 spiro atoms. The lowest BCUT2D eigenvalue weighted by Crippen LogP contribution is -2.39. The Balaban J connectivity index is 1.49. The molecule has 0 bridgehead atoms. The van der Waals surface area contributed by atoms with Crippen LogP contribution in [-0.2, 0) is 16.6 Å². The van der Waals surface area contributed by atoms with E-state index in [-0.39, 0.29) is 5.82 Å². The number of nitrogens with two attached hydrogens (primary N) is 1. The Hall–Kier alpha value is -3.87. The van der Waals surface area contributed by atoms with Gasteiger partial charge in [0.25, 0.3) is 5.91 Å². The number of benzene rings is 1. The molecule has 1 saturated heterocycles. The molecule has 1 amide bonds. The van der Waals surface area contributed by atoms with E-state index in [0.29, 0.717) is 33.5 Å². The minimum absolute atomic E-state index is 0.207. The second-order valence-electron chi connectivity index (χ2n) is 8.16. The summed E-state index contributed by atoms with van der Waals surface area (Å²) in [6.07, 6.45) is -0.831. The molecule has 4 atom stereocenters. The first-order valence-corrected chi connectivity index (χ1v) is 10.4. The van der Waals surface area contributed by atoms with Gasteiger partial charge in [0.2, 0.25) is 0 Å². The van der Waals surface area contributed by atoms with E-state index >= 15 is 0 Å². The van der Waals surface area contributed by atoms with Crippen LogP contribution in [0.5, 0.6) is 0 Å². The van der Waals surface area contributed by atoms with Crippen molar-refractivity contribution in [3.63, 3.8) is 0 Å². The Labute approximate surface area is 192 Å². The number of fused-ring (bicyclic) bond motifs is 1. The zero-order chi connectivity index (χ0) is 24.1. The Kier molecular flexibility index (Phi) is 5.27. The van der Waals surface area contributed by atoms with E-state index in [2.05, 4.69) is 20.4 Å². The third-order valence-corrected chi connectivity index (χ3v) is 5.85. The van der Waals surface area contributed by atoms with Crippen LogP contribution in [0.15, 0.2) is 43.0 Å². The maximum atomic E-state index is 13.4. The van der Waals surface area contributed by atoms with Gasteiger partial charge in [-0.25, -0.2) is 14.4 Å². The smallest absolute Gasteiger partial charge is 0.256 e. The molecule has 34 heavy (non-hydrogen) atoms. The van der Waals surface area contributed by atoms with Crippen LogP contribution in [0, 0.1) is 12.7 Å². The second kappa shape index (κ2) is 8.17. The third kappa shape index (κ3) is 3.57. The summed E-state index contributed by atoms with van der Waals surface area (Å²) < 4.78 is 22.3. The van der Waals surface area contributed by atoms with Crippen LogP contribution in [0.1, 0.15) is 11.8 Å². The highest BCUT2D eigenvalue weighted by atomic mass is 19.1. The monoisotopic (exact) mass is 467 g/mol. The number of aryl methyl sites for hydroxylation is 2. The van der Waals surface area contributed by atoms with Gasteiger partial charge in [-0.2, -0.15) is 5.10 Å². The van der Waals surface area contributed by atoms with E-state index in [4.69, 9.17) is 10.5 Å². The lowest BCUT2D eigenvalue weighted by atomic mass is 10.1. The Morgan fingerprint density at radius 1 is 1.24 bits per heavy atom. The first kappa shape index (κ1) is 21.9. The maximum Gasteiger partial charge on any atom is 0.256 e. The van der Waals surface area contributed by atoms with Crippen molar-refractivity contribution in [1.82, 2.24) is 24.3 Å². The number of hydrogen-bond donors (Lipinski definition) is 4. The van der Waals surface area contributed by atoms with E-state index in [0.717, 1.165) is 0 Å². The number of aliphatic hydroxyl groups is 2. The van der Waals surface area contributed by atoms with Crippen molar-refractivity contribution in [3.8, 4) is 11.3 Å². The van der Waals surface area contributed by atoms with Crippen molar-refractivity contribution in [2.45, 2.75) is 31.5 Å². The van der Waals surface area contributed by atoms with E-state index < -0.39 is 36.3 Å². The Morgan fingerprint density at radius 2 is 2.03 bits per heavy atom. The fourth-order valence-electron chi connectivity index (χ4n) is 4.13. The fourth-order valence-corrected chi connectivity index (χ4v) is 4.13. The number of amides is 1. The van der Waals surface area contributed by atoms with E-state index in [1.807, 2.05) is 0 Å². The average molecular weight is 467 g/mol. The number of nitrogen functional groups attached to an aromatic ring is 1. The van der Waals surface area contributed by atoms with E-state index in [1.54, 1.807) is 37.1 Å². The molecular formula is C22H22FN7O4. The number of carbonyl (C=O) groups excluding carboxylic acids is 1. The van der Waals surface area contributed by atoms with Gasteiger partial charge in [-0.05, 0) is 36.8 Å². The van der Waals surface area contributed by atoms with Crippen molar-refractivity contribution in [3.05, 3.63) is 54.4 Å². The number of ether oxygens (including phenoxy) is 1.